The molecule has 3 heterocycles. The smallest absolute Gasteiger partial charge is 0.310 e. The van der Waals surface area contributed by atoms with E-state index in [4.69, 9.17) is 9.72 Å². The fourth-order valence-electron chi connectivity index (χ4n) is 4.31. The monoisotopic (exact) mass is 455 g/mol. The van der Waals surface area contributed by atoms with Crippen molar-refractivity contribution in [3.05, 3.63) is 41.8 Å². The van der Waals surface area contributed by atoms with Gasteiger partial charge in [0, 0.05) is 51.0 Å². The summed E-state index contributed by atoms with van der Waals surface area (Å²) in [4.78, 5) is 41.0. The topological polar surface area (TPSA) is 78.9 Å². The van der Waals surface area contributed by atoms with Gasteiger partial charge in [-0.25, -0.2) is 14.4 Å². The van der Waals surface area contributed by atoms with Crippen molar-refractivity contribution in [2.75, 3.05) is 57.8 Å². The Balaban J connectivity index is 1.64. The summed E-state index contributed by atoms with van der Waals surface area (Å²) in [6, 6.07) is 6.01. The molecule has 2 saturated heterocycles. The number of rotatable bonds is 5. The van der Waals surface area contributed by atoms with E-state index in [-0.39, 0.29) is 23.6 Å². The quantitative estimate of drug-likeness (QED) is 0.641. The molecule has 1 amide bonds. The third kappa shape index (κ3) is 5.30. The van der Waals surface area contributed by atoms with Crippen molar-refractivity contribution >= 4 is 17.7 Å². The summed E-state index contributed by atoms with van der Waals surface area (Å²) in [5.41, 5.74) is 1.11. The number of likely N-dealkylation sites (N-methyl/N-ethyl adjacent to an activating group) is 1. The van der Waals surface area contributed by atoms with Crippen LogP contribution in [-0.4, -0.2) is 84.6 Å². The molecule has 0 saturated carbocycles. The van der Waals surface area contributed by atoms with E-state index in [0.717, 1.165) is 32.6 Å². The molecule has 2 aliphatic rings. The van der Waals surface area contributed by atoms with Crippen LogP contribution in [0.4, 0.5) is 10.2 Å². The van der Waals surface area contributed by atoms with E-state index in [2.05, 4.69) is 21.8 Å². The van der Waals surface area contributed by atoms with Crippen molar-refractivity contribution in [1.29, 1.82) is 0 Å². The highest BCUT2D eigenvalue weighted by Gasteiger charge is 2.32. The predicted octanol–water partition coefficient (Wildman–Crippen LogP) is 2.45. The largest absolute Gasteiger partial charge is 0.466 e. The molecule has 2 aliphatic heterocycles. The number of nitrogens with zero attached hydrogens (tertiary/aromatic N) is 5. The highest BCUT2D eigenvalue weighted by atomic mass is 19.1. The lowest BCUT2D eigenvalue weighted by atomic mass is 9.97. The minimum Gasteiger partial charge on any atom is -0.466 e. The average molecular weight is 456 g/mol. The molecule has 4 rings (SSSR count). The van der Waals surface area contributed by atoms with E-state index < -0.39 is 0 Å². The molecule has 0 spiro atoms. The van der Waals surface area contributed by atoms with Gasteiger partial charge in [0.25, 0.3) is 5.91 Å². The van der Waals surface area contributed by atoms with Crippen LogP contribution >= 0.6 is 0 Å². The van der Waals surface area contributed by atoms with Gasteiger partial charge in [0.2, 0.25) is 0 Å². The second-order valence-electron chi connectivity index (χ2n) is 8.57. The predicted molar refractivity (Wildman–Crippen MR) is 122 cm³/mol. The van der Waals surface area contributed by atoms with Gasteiger partial charge < -0.3 is 19.4 Å². The van der Waals surface area contributed by atoms with Crippen molar-refractivity contribution in [1.82, 2.24) is 19.8 Å². The molecule has 8 nitrogen and oxygen atoms in total. The van der Waals surface area contributed by atoms with Gasteiger partial charge >= 0.3 is 5.97 Å². The lowest BCUT2D eigenvalue weighted by Crippen LogP contribution is -2.47. The first-order chi connectivity index (χ1) is 16.0. The maximum Gasteiger partial charge on any atom is 0.310 e. The Morgan fingerprint density at radius 1 is 1.12 bits per heavy atom. The van der Waals surface area contributed by atoms with Crippen LogP contribution in [0.3, 0.4) is 0 Å². The molecule has 1 atom stereocenters. The normalized spacial score (nSPS) is 19.4. The summed E-state index contributed by atoms with van der Waals surface area (Å²) in [6.07, 6.45) is 3.02. The Bertz CT molecular complexity index is 992. The molecule has 0 aliphatic carbocycles. The fraction of sp³-hybridized carbons (Fsp3) is 0.500. The third-order valence-electron chi connectivity index (χ3n) is 6.23. The number of halogens is 1. The van der Waals surface area contributed by atoms with E-state index >= 15 is 0 Å². The maximum absolute atomic E-state index is 13.6. The molecule has 0 bridgehead atoms. The summed E-state index contributed by atoms with van der Waals surface area (Å²) >= 11 is 0. The Labute approximate surface area is 193 Å². The molecular weight excluding hydrogens is 425 g/mol. The molecule has 9 heteroatoms. The van der Waals surface area contributed by atoms with Crippen molar-refractivity contribution in [2.45, 2.75) is 19.8 Å². The van der Waals surface area contributed by atoms with Crippen LogP contribution in [0.1, 0.15) is 30.1 Å². The maximum atomic E-state index is 13.6. The van der Waals surface area contributed by atoms with Crippen molar-refractivity contribution in [3.63, 3.8) is 0 Å². The Kier molecular flexibility index (Phi) is 7.17. The number of anilines is 1. The molecular formula is C24H30FN5O3. The van der Waals surface area contributed by atoms with Gasteiger partial charge in [-0.2, -0.15) is 0 Å². The average Bonchev–Trinajstić information content (AvgIpc) is 2.84. The molecule has 0 radical (unpaired) electrons. The van der Waals surface area contributed by atoms with E-state index in [9.17, 15) is 14.0 Å². The number of carbonyl (C=O) groups is 2. The standard InChI is InChI=1S/C24H30FN5O3/c1-3-33-24(32)18-5-4-10-30(16-18)23(31)20-15-26-21(17-6-8-19(25)9-7-17)27-22(20)29-13-11-28(2)12-14-29/h6-9,15,18H,3-5,10-14,16H2,1-2H3. The zero-order valence-corrected chi connectivity index (χ0v) is 19.2. The van der Waals surface area contributed by atoms with Gasteiger partial charge in [-0.1, -0.05) is 0 Å². The number of amides is 1. The van der Waals surface area contributed by atoms with Gasteiger partial charge in [-0.05, 0) is 51.1 Å². The van der Waals surface area contributed by atoms with Gasteiger partial charge in [0.1, 0.15) is 17.2 Å². The van der Waals surface area contributed by atoms with E-state index in [1.165, 1.54) is 12.1 Å². The van der Waals surface area contributed by atoms with Crippen LogP contribution in [0.15, 0.2) is 30.5 Å². The van der Waals surface area contributed by atoms with Crippen LogP contribution in [0, 0.1) is 11.7 Å². The lowest BCUT2D eigenvalue weighted by molar-refractivity contribution is -0.149. The molecule has 176 valence electrons. The molecule has 1 aromatic heterocycles. The minimum atomic E-state index is -0.328. The molecule has 1 aromatic carbocycles. The number of esters is 1. The van der Waals surface area contributed by atoms with Gasteiger partial charge in [0.15, 0.2) is 5.82 Å². The number of likely N-dealkylation sites (tertiary alicyclic amines) is 1. The minimum absolute atomic E-state index is 0.177. The number of ether oxygens (including phenoxy) is 1. The molecule has 1 unspecified atom stereocenters. The highest BCUT2D eigenvalue weighted by Crippen LogP contribution is 2.27. The third-order valence-corrected chi connectivity index (χ3v) is 6.23. The van der Waals surface area contributed by atoms with Crippen molar-refractivity contribution in [3.8, 4) is 11.4 Å². The zero-order chi connectivity index (χ0) is 23.4. The Morgan fingerprint density at radius 2 is 1.85 bits per heavy atom. The first-order valence-corrected chi connectivity index (χ1v) is 11.5. The number of hydrogen-bond donors (Lipinski definition) is 0. The molecule has 0 N–H and O–H groups in total. The van der Waals surface area contributed by atoms with Gasteiger partial charge in [-0.15, -0.1) is 0 Å². The Morgan fingerprint density at radius 3 is 2.55 bits per heavy atom. The molecule has 2 aromatic rings. The second kappa shape index (κ2) is 10.2. The van der Waals surface area contributed by atoms with Crippen molar-refractivity contribution in [2.24, 2.45) is 5.92 Å². The summed E-state index contributed by atoms with van der Waals surface area (Å²) < 4.78 is 18.6. The lowest BCUT2D eigenvalue weighted by Gasteiger charge is -2.35. The fourth-order valence-corrected chi connectivity index (χ4v) is 4.31. The van der Waals surface area contributed by atoms with Crippen LogP contribution in [-0.2, 0) is 9.53 Å². The number of piperidine rings is 1. The highest BCUT2D eigenvalue weighted by molar-refractivity contribution is 5.99. The Hall–Kier alpha value is -3.07. The second-order valence-corrected chi connectivity index (χ2v) is 8.57. The van der Waals surface area contributed by atoms with Crippen LogP contribution in [0.25, 0.3) is 11.4 Å². The number of piperazine rings is 1. The first kappa shape index (κ1) is 23.1. The summed E-state index contributed by atoms with van der Waals surface area (Å²) in [5, 5.41) is 0. The van der Waals surface area contributed by atoms with E-state index in [0.29, 0.717) is 48.9 Å². The summed E-state index contributed by atoms with van der Waals surface area (Å²) in [5.74, 6) is -0.0368. The van der Waals surface area contributed by atoms with Crippen LogP contribution in [0.2, 0.25) is 0 Å². The number of aromatic nitrogens is 2. The zero-order valence-electron chi connectivity index (χ0n) is 19.2. The van der Waals surface area contributed by atoms with Crippen molar-refractivity contribution < 1.29 is 18.7 Å². The number of hydrogen-bond acceptors (Lipinski definition) is 7. The molecule has 33 heavy (non-hydrogen) atoms. The van der Waals surface area contributed by atoms with E-state index in [1.807, 2.05) is 0 Å². The summed E-state index contributed by atoms with van der Waals surface area (Å²) in [6.45, 7) is 6.22. The van der Waals surface area contributed by atoms with Gasteiger partial charge in [0.05, 0.1) is 12.5 Å². The van der Waals surface area contributed by atoms with Crippen LogP contribution in [0.5, 0.6) is 0 Å². The number of carbonyl (C=O) groups excluding carboxylic acids is 2. The molecule has 2 fully saturated rings. The summed E-state index contributed by atoms with van der Waals surface area (Å²) in [7, 11) is 2.07. The van der Waals surface area contributed by atoms with Gasteiger partial charge in [-0.3, -0.25) is 9.59 Å². The SMILES string of the molecule is CCOC(=O)C1CCCN(C(=O)c2cnc(-c3ccc(F)cc3)nc2N2CCN(C)CC2)C1. The van der Waals surface area contributed by atoms with Crippen LogP contribution < -0.4 is 4.90 Å². The van der Waals surface area contributed by atoms with E-state index in [1.54, 1.807) is 30.2 Å². The number of benzene rings is 1. The first-order valence-electron chi connectivity index (χ1n) is 11.5.